The van der Waals surface area contributed by atoms with Gasteiger partial charge in [0.1, 0.15) is 5.00 Å². The predicted octanol–water partition coefficient (Wildman–Crippen LogP) is 4.55. The summed E-state index contributed by atoms with van der Waals surface area (Å²) in [7, 11) is 3.21. The molecule has 3 heterocycles. The van der Waals surface area contributed by atoms with Crippen LogP contribution in [0.2, 0.25) is 0 Å². The van der Waals surface area contributed by atoms with Crippen LogP contribution in [0.25, 0.3) is 11.4 Å². The van der Waals surface area contributed by atoms with Gasteiger partial charge in [-0.3, -0.25) is 4.79 Å². The molecule has 10 heteroatoms. The summed E-state index contributed by atoms with van der Waals surface area (Å²) in [5.41, 5.74) is 1.40. The van der Waals surface area contributed by atoms with Gasteiger partial charge in [0.2, 0.25) is 5.91 Å². The lowest BCUT2D eigenvalue weighted by Gasteiger charge is -2.05. The number of rotatable bonds is 7. The molecule has 0 radical (unpaired) electrons. The summed E-state index contributed by atoms with van der Waals surface area (Å²) in [5.74, 6) is 0.717. The SMILES string of the molecule is COC(=O)c1cc(C)sc1NC(=O)CSc1nnc(-c2csc(C(C)C)c2)n1C. The fraction of sp³-hybridized carbons (Fsp3) is 0.368. The van der Waals surface area contributed by atoms with Crippen molar-refractivity contribution >= 4 is 51.3 Å². The van der Waals surface area contributed by atoms with E-state index in [9.17, 15) is 9.59 Å². The molecule has 3 aromatic rings. The van der Waals surface area contributed by atoms with E-state index >= 15 is 0 Å². The quantitative estimate of drug-likeness (QED) is 0.420. The fourth-order valence-corrected chi connectivity index (χ4v) is 5.16. The van der Waals surface area contributed by atoms with Crippen LogP contribution in [0.5, 0.6) is 0 Å². The molecule has 29 heavy (non-hydrogen) atoms. The van der Waals surface area contributed by atoms with Crippen LogP contribution in [0.3, 0.4) is 0 Å². The molecule has 0 saturated carbocycles. The molecule has 3 rings (SSSR count). The first-order valence-electron chi connectivity index (χ1n) is 8.89. The third kappa shape index (κ3) is 4.88. The van der Waals surface area contributed by atoms with Gasteiger partial charge in [0, 0.05) is 27.7 Å². The maximum absolute atomic E-state index is 12.4. The number of hydrogen-bond donors (Lipinski definition) is 1. The predicted molar refractivity (Wildman–Crippen MR) is 118 cm³/mol. The third-order valence-corrected chi connectivity index (χ3v) is 7.35. The van der Waals surface area contributed by atoms with Crippen LogP contribution in [-0.2, 0) is 16.6 Å². The van der Waals surface area contributed by atoms with E-state index in [2.05, 4.69) is 40.8 Å². The van der Waals surface area contributed by atoms with E-state index < -0.39 is 5.97 Å². The van der Waals surface area contributed by atoms with E-state index in [-0.39, 0.29) is 11.7 Å². The highest BCUT2D eigenvalue weighted by Gasteiger charge is 2.19. The number of carbonyl (C=O) groups is 2. The molecule has 1 amide bonds. The van der Waals surface area contributed by atoms with Crippen molar-refractivity contribution in [3.63, 3.8) is 0 Å². The summed E-state index contributed by atoms with van der Waals surface area (Å²) in [6.07, 6.45) is 0. The van der Waals surface area contributed by atoms with Crippen molar-refractivity contribution < 1.29 is 14.3 Å². The second-order valence-electron chi connectivity index (χ2n) is 6.69. The minimum Gasteiger partial charge on any atom is -0.465 e. The number of carbonyl (C=O) groups excluding carboxylic acids is 2. The smallest absolute Gasteiger partial charge is 0.340 e. The lowest BCUT2D eigenvalue weighted by Crippen LogP contribution is -2.16. The van der Waals surface area contributed by atoms with Gasteiger partial charge >= 0.3 is 5.97 Å². The lowest BCUT2D eigenvalue weighted by atomic mass is 10.1. The molecule has 0 aliphatic carbocycles. The van der Waals surface area contributed by atoms with Crippen LogP contribution in [-0.4, -0.2) is 39.5 Å². The van der Waals surface area contributed by atoms with Crippen molar-refractivity contribution in [1.29, 1.82) is 0 Å². The van der Waals surface area contributed by atoms with Gasteiger partial charge in [0.15, 0.2) is 11.0 Å². The molecule has 7 nitrogen and oxygen atoms in total. The summed E-state index contributed by atoms with van der Waals surface area (Å²) in [4.78, 5) is 26.4. The molecule has 0 bridgehead atoms. The van der Waals surface area contributed by atoms with Gasteiger partial charge in [0.25, 0.3) is 0 Å². The molecular formula is C19H22N4O3S3. The number of nitrogens with zero attached hydrogens (tertiary/aromatic N) is 3. The third-order valence-electron chi connectivity index (χ3n) is 4.13. The fourth-order valence-electron chi connectivity index (χ4n) is 2.63. The average Bonchev–Trinajstić information content (AvgIpc) is 3.38. The molecule has 3 aromatic heterocycles. The summed E-state index contributed by atoms with van der Waals surface area (Å²) in [6, 6.07) is 3.84. The molecule has 0 aliphatic heterocycles. The number of aromatic nitrogens is 3. The first-order chi connectivity index (χ1) is 13.8. The Morgan fingerprint density at radius 1 is 1.31 bits per heavy atom. The Kier molecular flexibility index (Phi) is 6.76. The summed E-state index contributed by atoms with van der Waals surface area (Å²) < 4.78 is 6.66. The highest BCUT2D eigenvalue weighted by molar-refractivity contribution is 7.99. The summed E-state index contributed by atoms with van der Waals surface area (Å²) in [5, 5.41) is 14.5. The molecule has 0 saturated heterocycles. The number of amides is 1. The first-order valence-corrected chi connectivity index (χ1v) is 11.6. The molecule has 0 atom stereocenters. The van der Waals surface area contributed by atoms with E-state index in [1.54, 1.807) is 17.4 Å². The van der Waals surface area contributed by atoms with Crippen molar-refractivity contribution in [2.75, 3.05) is 18.2 Å². The Morgan fingerprint density at radius 3 is 2.72 bits per heavy atom. The van der Waals surface area contributed by atoms with Crippen molar-refractivity contribution in [1.82, 2.24) is 14.8 Å². The number of ether oxygens (including phenoxy) is 1. The van der Waals surface area contributed by atoms with E-state index in [1.165, 1.54) is 35.1 Å². The zero-order chi connectivity index (χ0) is 21.1. The average molecular weight is 451 g/mol. The number of aryl methyl sites for hydroxylation is 1. The van der Waals surface area contributed by atoms with Gasteiger partial charge in [-0.2, -0.15) is 0 Å². The number of anilines is 1. The largest absolute Gasteiger partial charge is 0.465 e. The minimum atomic E-state index is -0.466. The summed E-state index contributed by atoms with van der Waals surface area (Å²) in [6.45, 7) is 6.19. The number of hydrogen-bond acceptors (Lipinski definition) is 8. The number of esters is 1. The van der Waals surface area contributed by atoms with Crippen molar-refractivity contribution in [2.24, 2.45) is 7.05 Å². The van der Waals surface area contributed by atoms with E-state index in [4.69, 9.17) is 4.74 Å². The zero-order valence-electron chi connectivity index (χ0n) is 16.8. The maximum atomic E-state index is 12.4. The van der Waals surface area contributed by atoms with Gasteiger partial charge in [-0.05, 0) is 25.0 Å². The lowest BCUT2D eigenvalue weighted by molar-refractivity contribution is -0.113. The van der Waals surface area contributed by atoms with E-state index in [1.807, 2.05) is 18.5 Å². The zero-order valence-corrected chi connectivity index (χ0v) is 19.3. The molecule has 0 spiro atoms. The number of nitrogens with one attached hydrogen (secondary N) is 1. The van der Waals surface area contributed by atoms with Gasteiger partial charge in [-0.15, -0.1) is 32.9 Å². The number of methoxy groups -OCH3 is 1. The molecular weight excluding hydrogens is 428 g/mol. The van der Waals surface area contributed by atoms with E-state index in [0.29, 0.717) is 21.6 Å². The molecule has 0 fully saturated rings. The Morgan fingerprint density at radius 2 is 2.07 bits per heavy atom. The van der Waals surface area contributed by atoms with Crippen LogP contribution in [0.4, 0.5) is 5.00 Å². The highest BCUT2D eigenvalue weighted by Crippen LogP contribution is 2.31. The Hall–Kier alpha value is -2.17. The Labute approximate surface area is 181 Å². The number of thiophene rings is 2. The van der Waals surface area contributed by atoms with Gasteiger partial charge in [0.05, 0.1) is 18.4 Å². The van der Waals surface area contributed by atoms with Crippen molar-refractivity contribution in [2.45, 2.75) is 31.8 Å². The monoisotopic (exact) mass is 450 g/mol. The van der Waals surface area contributed by atoms with Crippen LogP contribution in [0, 0.1) is 6.92 Å². The molecule has 1 N–H and O–H groups in total. The standard InChI is InChI=1S/C19H22N4O3S3/c1-10(2)14-7-12(8-27-14)16-21-22-19(23(16)4)28-9-15(24)20-17-13(18(25)26-5)6-11(3)29-17/h6-8,10H,9H2,1-5H3,(H,20,24). The van der Waals surface area contributed by atoms with Crippen LogP contribution < -0.4 is 5.32 Å². The van der Waals surface area contributed by atoms with E-state index in [0.717, 1.165) is 16.3 Å². The van der Waals surface area contributed by atoms with Gasteiger partial charge < -0.3 is 14.6 Å². The van der Waals surface area contributed by atoms with Crippen LogP contribution >= 0.6 is 34.4 Å². The van der Waals surface area contributed by atoms with Crippen LogP contribution in [0.1, 0.15) is 39.9 Å². The molecule has 0 unspecified atom stereocenters. The van der Waals surface area contributed by atoms with Gasteiger partial charge in [-0.25, -0.2) is 4.79 Å². The summed E-state index contributed by atoms with van der Waals surface area (Å²) >= 11 is 4.35. The first kappa shape index (κ1) is 21.5. The normalized spacial score (nSPS) is 11.1. The van der Waals surface area contributed by atoms with Crippen molar-refractivity contribution in [3.05, 3.63) is 32.8 Å². The van der Waals surface area contributed by atoms with Gasteiger partial charge in [-0.1, -0.05) is 25.6 Å². The Balaban J connectivity index is 1.65. The minimum absolute atomic E-state index is 0.157. The maximum Gasteiger partial charge on any atom is 0.340 e. The molecule has 0 aromatic carbocycles. The second kappa shape index (κ2) is 9.10. The highest BCUT2D eigenvalue weighted by atomic mass is 32.2. The Bertz CT molecular complexity index is 1040. The van der Waals surface area contributed by atoms with Crippen molar-refractivity contribution in [3.8, 4) is 11.4 Å². The van der Waals surface area contributed by atoms with Crippen LogP contribution in [0.15, 0.2) is 22.7 Å². The molecule has 154 valence electrons. The second-order valence-corrected chi connectivity index (χ2v) is 9.83. The number of thioether (sulfide) groups is 1. The topological polar surface area (TPSA) is 86.1 Å². The molecule has 0 aliphatic rings.